The molecule has 0 aliphatic heterocycles. The minimum absolute atomic E-state index is 0.0157. The molecule has 3 rings (SSSR count). The van der Waals surface area contributed by atoms with Gasteiger partial charge in [-0.15, -0.1) is 12.0 Å². The van der Waals surface area contributed by atoms with E-state index in [1.165, 1.54) is 0 Å². The lowest BCUT2D eigenvalue weighted by molar-refractivity contribution is 0.192. The van der Waals surface area contributed by atoms with Crippen molar-refractivity contribution in [2.24, 2.45) is 0 Å². The highest BCUT2D eigenvalue weighted by molar-refractivity contribution is 9.10. The van der Waals surface area contributed by atoms with Crippen LogP contribution < -0.4 is 0 Å². The van der Waals surface area contributed by atoms with Gasteiger partial charge >= 0.3 is 0 Å². The Morgan fingerprint density at radius 3 is 1.08 bits per heavy atom. The van der Waals surface area contributed by atoms with E-state index < -0.39 is 8.07 Å². The molecule has 3 aromatic rings. The number of hydrogen-bond donors (Lipinski definition) is 6. The van der Waals surface area contributed by atoms with E-state index in [9.17, 15) is 10.2 Å². The fourth-order valence-corrected chi connectivity index (χ4v) is 11.3. The molecule has 0 unspecified atom stereocenters. The Hall–Kier alpha value is -2.76. The molecule has 0 aliphatic carbocycles. The summed E-state index contributed by atoms with van der Waals surface area (Å²) in [5, 5.41) is 54.1. The third-order valence-electron chi connectivity index (χ3n) is 8.88. The fourth-order valence-electron chi connectivity index (χ4n) is 5.84. The van der Waals surface area contributed by atoms with E-state index in [0.29, 0.717) is 16.6 Å². The summed E-state index contributed by atoms with van der Waals surface area (Å²) in [6, 6.07) is 22.8. The van der Waals surface area contributed by atoms with Crippen molar-refractivity contribution in [2.45, 2.75) is 75.9 Å². The summed E-state index contributed by atoms with van der Waals surface area (Å²) in [5.41, 5.74) is 10.2. The molecule has 0 amide bonds. The Bertz CT molecular complexity index is 1370. The SMILES string of the molecule is C#Cc1ccc(C(CO)CO)cc1.CC(C)[Si](C#Cc1ccc(C(CO)CO)cc1)(C(C)C)C(C)C.OCC(CO)c1ccc(Br)cc1. The average molecular weight is 740 g/mol. The number of aliphatic hydroxyl groups is 6. The van der Waals surface area contributed by atoms with Crippen molar-refractivity contribution in [3.63, 3.8) is 0 Å². The maximum Gasteiger partial charge on any atom is 0.146 e. The van der Waals surface area contributed by atoms with E-state index in [2.05, 4.69) is 74.9 Å². The van der Waals surface area contributed by atoms with Crippen LogP contribution >= 0.6 is 15.9 Å². The smallest absolute Gasteiger partial charge is 0.146 e. The van der Waals surface area contributed by atoms with Crippen LogP contribution in [-0.4, -0.2) is 78.4 Å². The highest BCUT2D eigenvalue weighted by atomic mass is 79.9. The number of hydrogen-bond acceptors (Lipinski definition) is 6. The van der Waals surface area contributed by atoms with E-state index in [1.807, 2.05) is 60.7 Å². The van der Waals surface area contributed by atoms with Crippen LogP contribution in [0.3, 0.4) is 0 Å². The van der Waals surface area contributed by atoms with E-state index in [-0.39, 0.29) is 57.4 Å². The van der Waals surface area contributed by atoms with Gasteiger partial charge in [0.05, 0.1) is 39.6 Å². The molecule has 0 atom stereocenters. The quantitative estimate of drug-likeness (QED) is 0.0923. The number of rotatable bonds is 12. The van der Waals surface area contributed by atoms with Gasteiger partial charge in [0.1, 0.15) is 8.07 Å². The van der Waals surface area contributed by atoms with E-state index >= 15 is 0 Å². The van der Waals surface area contributed by atoms with Gasteiger partial charge < -0.3 is 30.6 Å². The normalized spacial score (nSPS) is 11.2. The number of terminal acetylenes is 1. The zero-order valence-corrected chi connectivity index (χ0v) is 31.9. The van der Waals surface area contributed by atoms with Gasteiger partial charge in [0.15, 0.2) is 0 Å². The largest absolute Gasteiger partial charge is 0.396 e. The van der Waals surface area contributed by atoms with Gasteiger partial charge in [0.25, 0.3) is 0 Å². The Balaban J connectivity index is 0.000000390. The third kappa shape index (κ3) is 12.9. The highest BCUT2D eigenvalue weighted by Gasteiger charge is 2.41. The Morgan fingerprint density at radius 1 is 0.521 bits per heavy atom. The second kappa shape index (κ2) is 22.8. The van der Waals surface area contributed by atoms with Crippen molar-refractivity contribution in [3.05, 3.63) is 105 Å². The van der Waals surface area contributed by atoms with Crippen LogP contribution in [0.1, 0.15) is 87.1 Å². The van der Waals surface area contributed by atoms with Crippen LogP contribution in [0.4, 0.5) is 0 Å². The minimum Gasteiger partial charge on any atom is -0.396 e. The van der Waals surface area contributed by atoms with Crippen LogP contribution in [0.5, 0.6) is 0 Å². The predicted molar refractivity (Wildman–Crippen MR) is 204 cm³/mol. The van der Waals surface area contributed by atoms with Gasteiger partial charge in [-0.05, 0) is 69.7 Å². The molecule has 0 fully saturated rings. The Labute approximate surface area is 298 Å². The first-order valence-electron chi connectivity index (χ1n) is 16.5. The summed E-state index contributed by atoms with van der Waals surface area (Å²) in [7, 11) is -1.70. The van der Waals surface area contributed by atoms with Gasteiger partial charge in [-0.2, -0.15) is 0 Å². The first-order chi connectivity index (χ1) is 22.9. The minimum atomic E-state index is -1.70. The monoisotopic (exact) mass is 738 g/mol. The molecular weight excluding hydrogens is 684 g/mol. The molecule has 0 spiro atoms. The summed E-state index contributed by atoms with van der Waals surface area (Å²) in [6.07, 6.45) is 5.19. The van der Waals surface area contributed by atoms with Crippen molar-refractivity contribution in [1.82, 2.24) is 0 Å². The lowest BCUT2D eigenvalue weighted by Crippen LogP contribution is -2.43. The summed E-state index contributed by atoms with van der Waals surface area (Å²) >= 11 is 3.31. The molecular formula is C40H55BrO6Si. The molecule has 262 valence electrons. The zero-order chi connectivity index (χ0) is 36.3. The molecule has 0 heterocycles. The molecule has 8 heteroatoms. The predicted octanol–water partition coefficient (Wildman–Crippen LogP) is 6.58. The van der Waals surface area contributed by atoms with Crippen LogP contribution in [0, 0.1) is 23.8 Å². The topological polar surface area (TPSA) is 121 Å². The second-order valence-electron chi connectivity index (χ2n) is 12.8. The van der Waals surface area contributed by atoms with Gasteiger partial charge in [-0.25, -0.2) is 0 Å². The van der Waals surface area contributed by atoms with Gasteiger partial charge in [0, 0.05) is 33.4 Å². The lowest BCUT2D eigenvalue weighted by Gasteiger charge is -2.38. The van der Waals surface area contributed by atoms with Gasteiger partial charge in [0.2, 0.25) is 0 Å². The van der Waals surface area contributed by atoms with Crippen LogP contribution in [0.2, 0.25) is 16.6 Å². The van der Waals surface area contributed by atoms with Gasteiger partial charge in [-0.3, -0.25) is 0 Å². The molecule has 0 aliphatic rings. The summed E-state index contributed by atoms with van der Waals surface area (Å²) in [6.45, 7) is 13.7. The maximum atomic E-state index is 9.26. The van der Waals surface area contributed by atoms with Crippen LogP contribution in [0.25, 0.3) is 0 Å². The number of aliphatic hydroxyl groups excluding tert-OH is 6. The molecule has 6 N–H and O–H groups in total. The number of halogens is 1. The number of benzene rings is 3. The summed E-state index contributed by atoms with van der Waals surface area (Å²) in [5.74, 6) is 5.36. The molecule has 0 saturated carbocycles. The Morgan fingerprint density at radius 2 is 0.812 bits per heavy atom. The second-order valence-corrected chi connectivity index (χ2v) is 19.3. The van der Waals surface area contributed by atoms with Gasteiger partial charge in [-0.1, -0.05) is 106 Å². The molecule has 6 nitrogen and oxygen atoms in total. The van der Waals surface area contributed by atoms with E-state index in [1.54, 1.807) is 12.1 Å². The standard InChI is InChI=1S/C20H32O2Si.C11H12O2.C9H11BrO2/c1-15(2)23(16(3)4,17(5)6)12-11-18-7-9-19(10-8-18)20(13-21)14-22;1-2-9-3-5-10(6-4-9)11(7-12)8-13;10-9-3-1-7(2-4-9)8(5-11)6-12/h7-10,15-17,20-22H,13-14H2,1-6H3;1,3-6,11-13H,7-8H2;1-4,8,11-12H,5-6H2. The van der Waals surface area contributed by atoms with E-state index in [0.717, 1.165) is 32.3 Å². The Kier molecular flexibility index (Phi) is 20.5. The maximum absolute atomic E-state index is 9.26. The third-order valence-corrected chi connectivity index (χ3v) is 15.7. The first kappa shape index (κ1) is 43.3. The first-order valence-corrected chi connectivity index (χ1v) is 19.5. The summed E-state index contributed by atoms with van der Waals surface area (Å²) in [4.78, 5) is 0. The van der Waals surface area contributed by atoms with Crippen LogP contribution in [0.15, 0.2) is 77.3 Å². The average Bonchev–Trinajstić information content (AvgIpc) is 3.08. The van der Waals surface area contributed by atoms with E-state index in [4.69, 9.17) is 26.8 Å². The van der Waals surface area contributed by atoms with Crippen molar-refractivity contribution < 1.29 is 30.6 Å². The van der Waals surface area contributed by atoms with Crippen molar-refractivity contribution in [3.8, 4) is 23.8 Å². The van der Waals surface area contributed by atoms with Crippen molar-refractivity contribution in [2.75, 3.05) is 39.6 Å². The zero-order valence-electron chi connectivity index (χ0n) is 29.3. The summed E-state index contributed by atoms with van der Waals surface area (Å²) < 4.78 is 1.00. The molecule has 0 bridgehead atoms. The molecule has 3 aromatic carbocycles. The molecule has 0 radical (unpaired) electrons. The fraction of sp³-hybridized carbons (Fsp3) is 0.450. The highest BCUT2D eigenvalue weighted by Crippen LogP contribution is 2.40. The molecule has 0 saturated heterocycles. The van der Waals surface area contributed by atoms with Crippen LogP contribution in [-0.2, 0) is 0 Å². The molecule has 48 heavy (non-hydrogen) atoms. The van der Waals surface area contributed by atoms with Crippen molar-refractivity contribution >= 4 is 24.0 Å². The molecule has 0 aromatic heterocycles. The lowest BCUT2D eigenvalue weighted by atomic mass is 10.00. The van der Waals surface area contributed by atoms with Crippen molar-refractivity contribution in [1.29, 1.82) is 0 Å².